The van der Waals surface area contributed by atoms with Crippen molar-refractivity contribution in [3.8, 4) is 0 Å². The number of halogens is 6. The first-order valence-corrected chi connectivity index (χ1v) is 11.2. The first-order chi connectivity index (χ1) is 17.7. The van der Waals surface area contributed by atoms with Gasteiger partial charge in [0.05, 0.1) is 25.5 Å². The number of carboxylic acid groups (broad SMARTS) is 2. The SMILES string of the molecule is Cn1cc(CN2CCOCC2c2nccc(NC3CCC3)n2)cn1.O=C(O)C(F)(F)F.O=C(O)C(F)(F)F. The van der Waals surface area contributed by atoms with Crippen molar-refractivity contribution in [1.29, 1.82) is 0 Å². The Labute approximate surface area is 212 Å². The number of nitrogens with one attached hydrogen (secondary N) is 1. The predicted molar refractivity (Wildman–Crippen MR) is 118 cm³/mol. The molecule has 1 saturated heterocycles. The maximum absolute atomic E-state index is 10.6. The molecule has 38 heavy (non-hydrogen) atoms. The number of carboxylic acids is 2. The second-order valence-corrected chi connectivity index (χ2v) is 8.26. The Morgan fingerprint density at radius 1 is 1.13 bits per heavy atom. The van der Waals surface area contributed by atoms with Gasteiger partial charge in [-0.3, -0.25) is 9.58 Å². The van der Waals surface area contributed by atoms with E-state index in [9.17, 15) is 26.3 Å². The standard InChI is InChI=1S/C17H24N6O.2C2HF3O2/c1-22-10-13(9-19-22)11-23-7-8-24-12-15(23)17-18-6-5-16(21-17)20-14-3-2-4-14;2*3-2(4,5)1(6)7/h5-6,9-10,14-15H,2-4,7-8,11-12H2,1H3,(H,18,20,21);2*(H,6,7). The fourth-order valence-corrected chi connectivity index (χ4v) is 3.23. The monoisotopic (exact) mass is 556 g/mol. The zero-order chi connectivity index (χ0) is 28.5. The molecule has 1 unspecified atom stereocenters. The van der Waals surface area contributed by atoms with Crippen LogP contribution in [0.1, 0.15) is 36.7 Å². The number of carbonyl (C=O) groups is 2. The van der Waals surface area contributed by atoms with Crippen LogP contribution in [0.2, 0.25) is 0 Å². The second kappa shape index (κ2) is 13.4. The number of hydrogen-bond donors (Lipinski definition) is 3. The van der Waals surface area contributed by atoms with Crippen molar-refractivity contribution in [2.75, 3.05) is 25.1 Å². The average molecular weight is 556 g/mol. The van der Waals surface area contributed by atoms with E-state index in [2.05, 4.69) is 26.5 Å². The lowest BCUT2D eigenvalue weighted by molar-refractivity contribution is -0.193. The van der Waals surface area contributed by atoms with Crippen LogP contribution in [0, 0.1) is 0 Å². The number of nitrogens with zero attached hydrogens (tertiary/aromatic N) is 5. The summed E-state index contributed by atoms with van der Waals surface area (Å²) in [5.41, 5.74) is 1.20. The molecule has 11 nitrogen and oxygen atoms in total. The molecule has 0 radical (unpaired) electrons. The summed E-state index contributed by atoms with van der Waals surface area (Å²) in [7, 11) is 1.94. The number of aryl methyl sites for hydroxylation is 1. The molecular weight excluding hydrogens is 530 g/mol. The summed E-state index contributed by atoms with van der Waals surface area (Å²) in [6.07, 6.45) is -0.562. The number of alkyl halides is 6. The normalized spacial score (nSPS) is 18.2. The van der Waals surface area contributed by atoms with E-state index in [1.165, 1.54) is 24.8 Å². The summed E-state index contributed by atoms with van der Waals surface area (Å²) in [5, 5.41) is 22.0. The van der Waals surface area contributed by atoms with Gasteiger partial charge in [0.2, 0.25) is 0 Å². The highest BCUT2D eigenvalue weighted by atomic mass is 19.4. The van der Waals surface area contributed by atoms with Gasteiger partial charge in [0.25, 0.3) is 0 Å². The van der Waals surface area contributed by atoms with Crippen LogP contribution in [-0.2, 0) is 27.9 Å². The summed E-state index contributed by atoms with van der Waals surface area (Å²) < 4.78 is 71.0. The molecule has 212 valence electrons. The molecule has 2 aliphatic rings. The van der Waals surface area contributed by atoms with Gasteiger partial charge in [-0.25, -0.2) is 19.6 Å². The summed E-state index contributed by atoms with van der Waals surface area (Å²) in [4.78, 5) is 29.4. The highest BCUT2D eigenvalue weighted by Gasteiger charge is 2.39. The Morgan fingerprint density at radius 2 is 1.74 bits per heavy atom. The molecule has 0 aromatic carbocycles. The molecule has 4 rings (SSSR count). The molecule has 0 bridgehead atoms. The summed E-state index contributed by atoms with van der Waals surface area (Å²) in [6.45, 7) is 3.10. The molecule has 1 atom stereocenters. The van der Waals surface area contributed by atoms with Gasteiger partial charge in [-0.1, -0.05) is 0 Å². The zero-order valence-electron chi connectivity index (χ0n) is 20.0. The molecule has 1 saturated carbocycles. The van der Waals surface area contributed by atoms with Gasteiger partial charge in [-0.15, -0.1) is 0 Å². The topological polar surface area (TPSA) is 143 Å². The van der Waals surface area contributed by atoms with Crippen molar-refractivity contribution in [3.63, 3.8) is 0 Å². The summed E-state index contributed by atoms with van der Waals surface area (Å²) in [6, 6.07) is 2.61. The fraction of sp³-hybridized carbons (Fsp3) is 0.571. The lowest BCUT2D eigenvalue weighted by atomic mass is 9.93. The number of anilines is 1. The van der Waals surface area contributed by atoms with E-state index < -0.39 is 24.3 Å². The van der Waals surface area contributed by atoms with Crippen LogP contribution < -0.4 is 5.32 Å². The third kappa shape index (κ3) is 10.1. The highest BCUT2D eigenvalue weighted by molar-refractivity contribution is 5.73. The van der Waals surface area contributed by atoms with Crippen molar-refractivity contribution < 1.29 is 50.9 Å². The molecule has 2 aromatic heterocycles. The zero-order valence-corrected chi connectivity index (χ0v) is 20.0. The van der Waals surface area contributed by atoms with E-state index in [4.69, 9.17) is 29.5 Å². The number of rotatable bonds is 5. The summed E-state index contributed by atoms with van der Waals surface area (Å²) in [5.74, 6) is -3.75. The largest absolute Gasteiger partial charge is 0.490 e. The van der Waals surface area contributed by atoms with Crippen LogP contribution >= 0.6 is 0 Å². The Kier molecular flexibility index (Phi) is 10.8. The van der Waals surface area contributed by atoms with Crippen molar-refractivity contribution >= 4 is 17.8 Å². The lowest BCUT2D eigenvalue weighted by Gasteiger charge is -2.34. The molecule has 1 aliphatic heterocycles. The number of aromatic nitrogens is 4. The first kappa shape index (κ1) is 30.8. The van der Waals surface area contributed by atoms with Crippen molar-refractivity contribution in [2.45, 2.75) is 50.2 Å². The van der Waals surface area contributed by atoms with Gasteiger partial charge >= 0.3 is 24.3 Å². The maximum Gasteiger partial charge on any atom is 0.490 e. The van der Waals surface area contributed by atoms with Crippen LogP contribution in [0.5, 0.6) is 0 Å². The molecule has 3 heterocycles. The molecule has 3 N–H and O–H groups in total. The third-order valence-corrected chi connectivity index (χ3v) is 5.30. The van der Waals surface area contributed by atoms with E-state index in [1.54, 1.807) is 0 Å². The summed E-state index contributed by atoms with van der Waals surface area (Å²) >= 11 is 0. The minimum atomic E-state index is -5.08. The Bertz CT molecular complexity index is 1040. The van der Waals surface area contributed by atoms with Crippen molar-refractivity contribution in [2.24, 2.45) is 7.05 Å². The van der Waals surface area contributed by atoms with Gasteiger partial charge in [-0.2, -0.15) is 31.4 Å². The lowest BCUT2D eigenvalue weighted by Crippen LogP contribution is -2.40. The van der Waals surface area contributed by atoms with Crippen molar-refractivity contribution in [3.05, 3.63) is 36.0 Å². The van der Waals surface area contributed by atoms with Gasteiger partial charge < -0.3 is 20.3 Å². The third-order valence-electron chi connectivity index (χ3n) is 5.30. The quantitative estimate of drug-likeness (QED) is 0.471. The Morgan fingerprint density at radius 3 is 2.21 bits per heavy atom. The minimum absolute atomic E-state index is 0.0853. The highest BCUT2D eigenvalue weighted by Crippen LogP contribution is 2.26. The van der Waals surface area contributed by atoms with Gasteiger partial charge in [0, 0.05) is 44.1 Å². The average Bonchev–Trinajstić information content (AvgIpc) is 3.21. The molecular formula is C21H26F6N6O5. The molecule has 0 amide bonds. The molecule has 17 heteroatoms. The van der Waals surface area contributed by atoms with Crippen LogP contribution in [-0.4, -0.2) is 85.0 Å². The van der Waals surface area contributed by atoms with Crippen LogP contribution in [0.25, 0.3) is 0 Å². The van der Waals surface area contributed by atoms with Gasteiger partial charge in [0.15, 0.2) is 0 Å². The second-order valence-electron chi connectivity index (χ2n) is 8.26. The van der Waals surface area contributed by atoms with E-state index in [0.29, 0.717) is 12.6 Å². The molecule has 2 aromatic rings. The van der Waals surface area contributed by atoms with E-state index in [0.717, 1.165) is 31.3 Å². The van der Waals surface area contributed by atoms with Crippen LogP contribution in [0.4, 0.5) is 32.2 Å². The Balaban J connectivity index is 0.000000301. The van der Waals surface area contributed by atoms with E-state index in [1.807, 2.05) is 30.2 Å². The van der Waals surface area contributed by atoms with Gasteiger partial charge in [0.1, 0.15) is 11.6 Å². The number of hydrogen-bond acceptors (Lipinski definition) is 8. The van der Waals surface area contributed by atoms with E-state index in [-0.39, 0.29) is 6.04 Å². The number of ether oxygens (including phenoxy) is 1. The first-order valence-electron chi connectivity index (χ1n) is 11.2. The fourth-order valence-electron chi connectivity index (χ4n) is 3.23. The van der Waals surface area contributed by atoms with E-state index >= 15 is 0 Å². The minimum Gasteiger partial charge on any atom is -0.475 e. The molecule has 1 aliphatic carbocycles. The number of morpholine rings is 1. The number of aliphatic carboxylic acids is 2. The van der Waals surface area contributed by atoms with Crippen molar-refractivity contribution in [1.82, 2.24) is 24.6 Å². The van der Waals surface area contributed by atoms with Gasteiger partial charge in [-0.05, 0) is 25.3 Å². The molecule has 0 spiro atoms. The maximum atomic E-state index is 10.6. The van der Waals surface area contributed by atoms with Crippen LogP contribution in [0.3, 0.4) is 0 Å². The Hall–Kier alpha value is -3.47. The smallest absolute Gasteiger partial charge is 0.475 e. The molecule has 2 fully saturated rings. The predicted octanol–water partition coefficient (Wildman–Crippen LogP) is 3.01. The van der Waals surface area contributed by atoms with Crippen LogP contribution in [0.15, 0.2) is 24.7 Å².